The summed E-state index contributed by atoms with van der Waals surface area (Å²) in [5.41, 5.74) is 0.500. The van der Waals surface area contributed by atoms with Crippen LogP contribution in [0.4, 0.5) is 0 Å². The number of hydrogen-bond acceptors (Lipinski definition) is 5. The predicted octanol–water partition coefficient (Wildman–Crippen LogP) is 1.48. The molecule has 19 heavy (non-hydrogen) atoms. The van der Waals surface area contributed by atoms with Crippen LogP contribution in [-0.4, -0.2) is 28.8 Å². The lowest BCUT2D eigenvalue weighted by atomic mass is 9.95. The fourth-order valence-corrected chi connectivity index (χ4v) is 2.05. The Balaban J connectivity index is 2.32. The van der Waals surface area contributed by atoms with Crippen LogP contribution in [0.25, 0.3) is 0 Å². The van der Waals surface area contributed by atoms with E-state index in [0.717, 1.165) is 0 Å². The molecule has 0 radical (unpaired) electrons. The van der Waals surface area contributed by atoms with Crippen LogP contribution in [0.15, 0.2) is 18.2 Å². The number of esters is 1. The average molecular weight is 266 g/mol. The van der Waals surface area contributed by atoms with Gasteiger partial charge in [0.1, 0.15) is 12.0 Å². The molecule has 0 spiro atoms. The molecule has 2 atom stereocenters. The van der Waals surface area contributed by atoms with Crippen LogP contribution in [0.2, 0.25) is 0 Å². The Morgan fingerprint density at radius 2 is 2.26 bits per heavy atom. The van der Waals surface area contributed by atoms with Gasteiger partial charge in [-0.05, 0) is 24.6 Å². The minimum Gasteiger partial charge on any atom is -0.504 e. The van der Waals surface area contributed by atoms with Crippen LogP contribution >= 0.6 is 0 Å². The van der Waals surface area contributed by atoms with Crippen molar-refractivity contribution in [2.45, 2.75) is 19.4 Å². The van der Waals surface area contributed by atoms with E-state index in [-0.39, 0.29) is 17.9 Å². The van der Waals surface area contributed by atoms with Crippen LogP contribution in [0.3, 0.4) is 0 Å². The van der Waals surface area contributed by atoms with Gasteiger partial charge < -0.3 is 19.7 Å². The number of carboxylic acids is 1. The molecule has 0 aliphatic carbocycles. The van der Waals surface area contributed by atoms with Crippen molar-refractivity contribution in [3.63, 3.8) is 0 Å². The normalized spacial score (nSPS) is 22.1. The molecule has 2 N–H and O–H groups in total. The summed E-state index contributed by atoms with van der Waals surface area (Å²) in [6.45, 7) is 2.13. The van der Waals surface area contributed by atoms with E-state index < -0.39 is 24.0 Å². The Morgan fingerprint density at radius 1 is 1.53 bits per heavy atom. The van der Waals surface area contributed by atoms with Crippen LogP contribution in [0, 0.1) is 5.92 Å². The second-order valence-electron chi connectivity index (χ2n) is 4.22. The van der Waals surface area contributed by atoms with E-state index in [9.17, 15) is 14.7 Å². The van der Waals surface area contributed by atoms with Gasteiger partial charge in [0, 0.05) is 0 Å². The lowest BCUT2D eigenvalue weighted by Gasteiger charge is -2.16. The number of carboxylic acid groups (broad SMARTS) is 1. The van der Waals surface area contributed by atoms with Crippen molar-refractivity contribution < 1.29 is 29.3 Å². The number of phenols is 1. The molecule has 0 bridgehead atoms. The number of benzene rings is 1. The highest BCUT2D eigenvalue weighted by atomic mass is 16.6. The Morgan fingerprint density at radius 3 is 2.89 bits per heavy atom. The first-order valence-corrected chi connectivity index (χ1v) is 5.91. The molecule has 0 amide bonds. The number of aromatic hydroxyl groups is 1. The van der Waals surface area contributed by atoms with Crippen molar-refractivity contribution in [3.05, 3.63) is 23.8 Å². The standard InChI is InChI=1S/C13H14O6/c1-2-18-10-5-7(3-4-9(10)14)12-8(13(16)17)6-11(15)19-12/h3-5,8,12,14H,2,6H2,1H3,(H,16,17)/t8-,12+/m0/s1. The first-order chi connectivity index (χ1) is 9.02. The number of cyclic esters (lactones) is 1. The lowest BCUT2D eigenvalue weighted by Crippen LogP contribution is -2.17. The van der Waals surface area contributed by atoms with Gasteiger partial charge in [0.25, 0.3) is 0 Å². The Kier molecular flexibility index (Phi) is 3.59. The van der Waals surface area contributed by atoms with E-state index in [0.29, 0.717) is 12.2 Å². The van der Waals surface area contributed by atoms with Crippen molar-refractivity contribution >= 4 is 11.9 Å². The number of ether oxygens (including phenoxy) is 2. The number of aliphatic carboxylic acids is 1. The Bertz CT molecular complexity index is 510. The van der Waals surface area contributed by atoms with Crippen molar-refractivity contribution in [2.24, 2.45) is 5.92 Å². The van der Waals surface area contributed by atoms with E-state index in [1.165, 1.54) is 18.2 Å². The quantitative estimate of drug-likeness (QED) is 0.802. The maximum absolute atomic E-state index is 11.3. The summed E-state index contributed by atoms with van der Waals surface area (Å²) in [6.07, 6.45) is -0.991. The minimum atomic E-state index is -1.08. The summed E-state index contributed by atoms with van der Waals surface area (Å²) in [5.74, 6) is -2.33. The van der Waals surface area contributed by atoms with Gasteiger partial charge in [0.05, 0.1) is 13.0 Å². The summed E-state index contributed by atoms with van der Waals surface area (Å²) >= 11 is 0. The zero-order valence-electron chi connectivity index (χ0n) is 10.3. The van der Waals surface area contributed by atoms with Gasteiger partial charge in [-0.25, -0.2) is 0 Å². The molecule has 1 fully saturated rings. The van der Waals surface area contributed by atoms with Gasteiger partial charge in [-0.3, -0.25) is 9.59 Å². The highest BCUT2D eigenvalue weighted by Crippen LogP contribution is 2.38. The number of carbonyl (C=O) groups is 2. The van der Waals surface area contributed by atoms with E-state index >= 15 is 0 Å². The van der Waals surface area contributed by atoms with E-state index in [2.05, 4.69) is 0 Å². The third-order valence-electron chi connectivity index (χ3n) is 2.94. The highest BCUT2D eigenvalue weighted by molar-refractivity contribution is 5.82. The molecule has 1 aromatic carbocycles. The van der Waals surface area contributed by atoms with Crippen LogP contribution in [-0.2, 0) is 14.3 Å². The highest BCUT2D eigenvalue weighted by Gasteiger charge is 2.41. The van der Waals surface area contributed by atoms with Crippen LogP contribution < -0.4 is 4.74 Å². The largest absolute Gasteiger partial charge is 0.504 e. The summed E-state index contributed by atoms with van der Waals surface area (Å²) in [4.78, 5) is 22.3. The van der Waals surface area contributed by atoms with Gasteiger partial charge in [0.15, 0.2) is 11.5 Å². The van der Waals surface area contributed by atoms with Gasteiger partial charge in [-0.1, -0.05) is 6.07 Å². The molecule has 2 rings (SSSR count). The Labute approximate surface area is 109 Å². The average Bonchev–Trinajstić information content (AvgIpc) is 2.75. The molecule has 1 heterocycles. The van der Waals surface area contributed by atoms with Crippen molar-refractivity contribution in [2.75, 3.05) is 6.61 Å². The number of carbonyl (C=O) groups excluding carboxylic acids is 1. The molecule has 6 nitrogen and oxygen atoms in total. The zero-order valence-corrected chi connectivity index (χ0v) is 10.3. The van der Waals surface area contributed by atoms with E-state index in [4.69, 9.17) is 14.6 Å². The topological polar surface area (TPSA) is 93.1 Å². The fourth-order valence-electron chi connectivity index (χ4n) is 2.05. The molecule has 1 aliphatic rings. The molecular weight excluding hydrogens is 252 g/mol. The fraction of sp³-hybridized carbons (Fsp3) is 0.385. The SMILES string of the molecule is CCOc1cc([C@H]2OC(=O)C[C@@H]2C(=O)O)ccc1O. The van der Waals surface area contributed by atoms with Crippen LogP contribution in [0.5, 0.6) is 11.5 Å². The van der Waals surface area contributed by atoms with Gasteiger partial charge in [0.2, 0.25) is 0 Å². The summed E-state index contributed by atoms with van der Waals surface area (Å²) < 4.78 is 10.3. The van der Waals surface area contributed by atoms with Gasteiger partial charge in [-0.15, -0.1) is 0 Å². The maximum atomic E-state index is 11.3. The maximum Gasteiger partial charge on any atom is 0.311 e. The number of phenolic OH excluding ortho intramolecular Hbond substituents is 1. The molecular formula is C13H14O6. The summed E-state index contributed by atoms with van der Waals surface area (Å²) in [5, 5.41) is 18.7. The monoisotopic (exact) mass is 266 g/mol. The molecule has 1 saturated heterocycles. The second-order valence-corrected chi connectivity index (χ2v) is 4.22. The van der Waals surface area contributed by atoms with E-state index in [1.807, 2.05) is 0 Å². The second kappa shape index (κ2) is 5.17. The molecule has 1 aliphatic heterocycles. The number of hydrogen-bond donors (Lipinski definition) is 2. The zero-order chi connectivity index (χ0) is 14.0. The molecule has 0 aromatic heterocycles. The van der Waals surface area contributed by atoms with Crippen molar-refractivity contribution in [1.82, 2.24) is 0 Å². The number of rotatable bonds is 4. The predicted molar refractivity (Wildman–Crippen MR) is 63.9 cm³/mol. The molecule has 102 valence electrons. The first kappa shape index (κ1) is 13.2. The molecule has 6 heteroatoms. The Hall–Kier alpha value is -2.24. The third kappa shape index (κ3) is 2.62. The summed E-state index contributed by atoms with van der Waals surface area (Å²) in [7, 11) is 0. The van der Waals surface area contributed by atoms with Crippen LogP contribution in [0.1, 0.15) is 25.0 Å². The van der Waals surface area contributed by atoms with E-state index in [1.54, 1.807) is 6.92 Å². The molecule has 0 saturated carbocycles. The lowest BCUT2D eigenvalue weighted by molar-refractivity contribution is -0.144. The minimum absolute atomic E-state index is 0.0400. The third-order valence-corrected chi connectivity index (χ3v) is 2.94. The first-order valence-electron chi connectivity index (χ1n) is 5.91. The van der Waals surface area contributed by atoms with Crippen molar-refractivity contribution in [1.29, 1.82) is 0 Å². The van der Waals surface area contributed by atoms with Gasteiger partial charge in [-0.2, -0.15) is 0 Å². The smallest absolute Gasteiger partial charge is 0.311 e. The summed E-state index contributed by atoms with van der Waals surface area (Å²) in [6, 6.07) is 4.42. The molecule has 1 aromatic rings. The van der Waals surface area contributed by atoms with Crippen molar-refractivity contribution in [3.8, 4) is 11.5 Å². The molecule has 0 unspecified atom stereocenters. The van der Waals surface area contributed by atoms with Gasteiger partial charge >= 0.3 is 11.9 Å².